The maximum atomic E-state index is 9.34. The highest BCUT2D eigenvalue weighted by Crippen LogP contribution is 2.26. The van der Waals surface area contributed by atoms with Crippen molar-refractivity contribution in [2.75, 3.05) is 0 Å². The van der Waals surface area contributed by atoms with E-state index in [0.29, 0.717) is 5.16 Å². The molecular weight excluding hydrogens is 240 g/mol. The molecule has 3 nitrogen and oxygen atoms in total. The van der Waals surface area contributed by atoms with Gasteiger partial charge in [-0.25, -0.2) is 4.98 Å². The average molecular weight is 252 g/mol. The van der Waals surface area contributed by atoms with Gasteiger partial charge in [-0.05, 0) is 30.9 Å². The van der Waals surface area contributed by atoms with Gasteiger partial charge in [0.25, 0.3) is 0 Å². The van der Waals surface area contributed by atoms with Gasteiger partial charge in [0.05, 0.1) is 0 Å². The number of rotatable bonds is 3. The summed E-state index contributed by atoms with van der Waals surface area (Å²) in [4.78, 5) is 9.56. The molecule has 0 aliphatic heterocycles. The molecular formula is C11H12N2OS2. The molecule has 2 heterocycles. The summed E-state index contributed by atoms with van der Waals surface area (Å²) in [6, 6.07) is 3.66. The van der Waals surface area contributed by atoms with Gasteiger partial charge in [0.1, 0.15) is 0 Å². The van der Waals surface area contributed by atoms with Crippen LogP contribution in [0.15, 0.2) is 22.7 Å². The van der Waals surface area contributed by atoms with Gasteiger partial charge in [-0.1, -0.05) is 11.8 Å². The molecule has 0 radical (unpaired) electrons. The number of thioether (sulfide) groups is 1. The van der Waals surface area contributed by atoms with Crippen LogP contribution in [0.1, 0.15) is 16.1 Å². The van der Waals surface area contributed by atoms with Crippen molar-refractivity contribution in [1.82, 2.24) is 9.97 Å². The smallest absolute Gasteiger partial charge is 0.215 e. The van der Waals surface area contributed by atoms with Crippen molar-refractivity contribution >= 4 is 23.1 Å². The second kappa shape index (κ2) is 4.84. The Bertz CT molecular complexity index is 476. The molecule has 0 fully saturated rings. The van der Waals surface area contributed by atoms with Crippen LogP contribution in [0.5, 0.6) is 5.88 Å². The van der Waals surface area contributed by atoms with Crippen molar-refractivity contribution in [1.29, 1.82) is 0 Å². The van der Waals surface area contributed by atoms with E-state index in [4.69, 9.17) is 0 Å². The molecule has 0 saturated heterocycles. The van der Waals surface area contributed by atoms with Crippen LogP contribution in [0.2, 0.25) is 0 Å². The quantitative estimate of drug-likeness (QED) is 0.673. The molecule has 0 spiro atoms. The minimum Gasteiger partial charge on any atom is -0.493 e. The van der Waals surface area contributed by atoms with E-state index < -0.39 is 0 Å². The Morgan fingerprint density at radius 1 is 1.38 bits per heavy atom. The van der Waals surface area contributed by atoms with Gasteiger partial charge in [0, 0.05) is 22.4 Å². The highest BCUT2D eigenvalue weighted by Gasteiger charge is 2.05. The molecule has 0 atom stereocenters. The third-order valence-corrected chi connectivity index (χ3v) is 4.20. The van der Waals surface area contributed by atoms with Crippen molar-refractivity contribution in [2.45, 2.75) is 24.8 Å². The molecule has 0 aliphatic carbocycles. The number of hydrogen-bond donors (Lipinski definition) is 1. The summed E-state index contributed by atoms with van der Waals surface area (Å²) in [6.45, 7) is 3.95. The van der Waals surface area contributed by atoms with Crippen LogP contribution in [0.4, 0.5) is 0 Å². The summed E-state index contributed by atoms with van der Waals surface area (Å²) in [7, 11) is 0. The Balaban J connectivity index is 2.07. The SMILES string of the molecule is Cc1cc(O)nc(SCc2sccc2C)n1. The zero-order chi connectivity index (χ0) is 11.5. The van der Waals surface area contributed by atoms with Gasteiger partial charge < -0.3 is 5.11 Å². The Morgan fingerprint density at radius 2 is 2.19 bits per heavy atom. The van der Waals surface area contributed by atoms with Crippen molar-refractivity contribution in [2.24, 2.45) is 0 Å². The summed E-state index contributed by atoms with van der Waals surface area (Å²) < 4.78 is 0. The fourth-order valence-corrected chi connectivity index (χ4v) is 3.27. The summed E-state index contributed by atoms with van der Waals surface area (Å²) in [5.41, 5.74) is 2.09. The fourth-order valence-electron chi connectivity index (χ4n) is 1.27. The number of aromatic hydroxyl groups is 1. The zero-order valence-electron chi connectivity index (χ0n) is 9.10. The largest absolute Gasteiger partial charge is 0.493 e. The number of nitrogens with zero attached hydrogens (tertiary/aromatic N) is 2. The van der Waals surface area contributed by atoms with Crippen LogP contribution >= 0.6 is 23.1 Å². The van der Waals surface area contributed by atoms with Crippen LogP contribution in [-0.4, -0.2) is 15.1 Å². The van der Waals surface area contributed by atoms with Crippen LogP contribution in [0.25, 0.3) is 0 Å². The molecule has 5 heteroatoms. The van der Waals surface area contributed by atoms with Gasteiger partial charge in [-0.2, -0.15) is 4.98 Å². The lowest BCUT2D eigenvalue weighted by Gasteiger charge is -2.01. The molecule has 84 valence electrons. The monoisotopic (exact) mass is 252 g/mol. The predicted octanol–water partition coefficient (Wildman–Crippen LogP) is 3.15. The van der Waals surface area contributed by atoms with Crippen LogP contribution < -0.4 is 0 Å². The number of aromatic nitrogens is 2. The Labute approximate surface area is 103 Å². The first kappa shape index (κ1) is 11.4. The van der Waals surface area contributed by atoms with Gasteiger partial charge in [0.15, 0.2) is 5.16 Å². The average Bonchev–Trinajstić information content (AvgIpc) is 2.59. The third kappa shape index (κ3) is 2.74. The lowest BCUT2D eigenvalue weighted by molar-refractivity contribution is 0.444. The van der Waals surface area contributed by atoms with Crippen LogP contribution in [0, 0.1) is 13.8 Å². The highest BCUT2D eigenvalue weighted by molar-refractivity contribution is 7.98. The lowest BCUT2D eigenvalue weighted by Crippen LogP contribution is -1.90. The summed E-state index contributed by atoms with van der Waals surface area (Å²) >= 11 is 3.29. The lowest BCUT2D eigenvalue weighted by atomic mass is 10.3. The van der Waals surface area contributed by atoms with E-state index >= 15 is 0 Å². The van der Waals surface area contributed by atoms with Crippen LogP contribution in [0.3, 0.4) is 0 Å². The van der Waals surface area contributed by atoms with Gasteiger partial charge in [-0.3, -0.25) is 0 Å². The third-order valence-electron chi connectivity index (χ3n) is 2.12. The predicted molar refractivity (Wildman–Crippen MR) is 67.1 cm³/mol. The van der Waals surface area contributed by atoms with E-state index in [9.17, 15) is 5.11 Å². The molecule has 0 amide bonds. The second-order valence-electron chi connectivity index (χ2n) is 3.47. The summed E-state index contributed by atoms with van der Waals surface area (Å²) in [5.74, 6) is 0.893. The van der Waals surface area contributed by atoms with Crippen molar-refractivity contribution in [3.05, 3.63) is 33.6 Å². The van der Waals surface area contributed by atoms with Crippen molar-refractivity contribution < 1.29 is 5.11 Å². The van der Waals surface area contributed by atoms with E-state index in [0.717, 1.165) is 11.4 Å². The van der Waals surface area contributed by atoms with E-state index in [1.54, 1.807) is 29.2 Å². The minimum atomic E-state index is 0.0397. The van der Waals surface area contributed by atoms with Gasteiger partial charge in [0.2, 0.25) is 5.88 Å². The molecule has 2 rings (SSSR count). The van der Waals surface area contributed by atoms with Crippen LogP contribution in [-0.2, 0) is 5.75 Å². The Morgan fingerprint density at radius 3 is 2.81 bits per heavy atom. The number of aryl methyl sites for hydroxylation is 2. The van der Waals surface area contributed by atoms with E-state index in [1.165, 1.54) is 10.4 Å². The Hall–Kier alpha value is -1.07. The summed E-state index contributed by atoms with van der Waals surface area (Å²) in [6.07, 6.45) is 0. The van der Waals surface area contributed by atoms with Gasteiger partial charge in [-0.15, -0.1) is 11.3 Å². The fraction of sp³-hybridized carbons (Fsp3) is 0.273. The first-order valence-electron chi connectivity index (χ1n) is 4.85. The molecule has 2 aromatic rings. The zero-order valence-corrected chi connectivity index (χ0v) is 10.7. The van der Waals surface area contributed by atoms with Crippen molar-refractivity contribution in [3.8, 4) is 5.88 Å². The molecule has 0 unspecified atom stereocenters. The maximum Gasteiger partial charge on any atom is 0.215 e. The first-order chi connectivity index (χ1) is 7.65. The van der Waals surface area contributed by atoms with Crippen molar-refractivity contribution in [3.63, 3.8) is 0 Å². The topological polar surface area (TPSA) is 46.0 Å². The Kier molecular flexibility index (Phi) is 3.46. The first-order valence-corrected chi connectivity index (χ1v) is 6.72. The maximum absolute atomic E-state index is 9.34. The van der Waals surface area contributed by atoms with E-state index in [-0.39, 0.29) is 5.88 Å². The standard InChI is InChI=1S/C11H12N2OS2/c1-7-3-4-15-9(7)6-16-11-12-8(2)5-10(14)13-11/h3-5H,6H2,1-2H3,(H,12,13,14). The number of hydrogen-bond acceptors (Lipinski definition) is 5. The molecule has 0 bridgehead atoms. The molecule has 0 aliphatic rings. The van der Waals surface area contributed by atoms with E-state index in [2.05, 4.69) is 28.3 Å². The minimum absolute atomic E-state index is 0.0397. The molecule has 0 aromatic carbocycles. The molecule has 2 aromatic heterocycles. The van der Waals surface area contributed by atoms with Gasteiger partial charge >= 0.3 is 0 Å². The molecule has 0 saturated carbocycles. The molecule has 16 heavy (non-hydrogen) atoms. The van der Waals surface area contributed by atoms with E-state index in [1.807, 2.05) is 6.92 Å². The highest BCUT2D eigenvalue weighted by atomic mass is 32.2. The number of thiophene rings is 1. The second-order valence-corrected chi connectivity index (χ2v) is 5.41. The normalized spacial score (nSPS) is 10.6. The summed E-state index contributed by atoms with van der Waals surface area (Å²) in [5, 5.41) is 12.1. The molecule has 1 N–H and O–H groups in total.